The number of aryl methyl sites for hydroxylation is 1. The van der Waals surface area contributed by atoms with Crippen LogP contribution >= 0.6 is 11.3 Å². The number of rotatable bonds is 10. The van der Waals surface area contributed by atoms with Crippen LogP contribution in [-0.4, -0.2) is 37.8 Å². The zero-order valence-electron chi connectivity index (χ0n) is 13.8. The molecule has 5 heteroatoms. The SMILES string of the molecule is CCc1nc(N(CC2CC2)C(C)C)sc1CNCCOC. The van der Waals surface area contributed by atoms with E-state index in [1.165, 1.54) is 35.1 Å². The van der Waals surface area contributed by atoms with Gasteiger partial charge in [0.15, 0.2) is 5.13 Å². The van der Waals surface area contributed by atoms with Crippen LogP contribution in [0.1, 0.15) is 44.2 Å². The maximum atomic E-state index is 5.08. The summed E-state index contributed by atoms with van der Waals surface area (Å²) >= 11 is 1.86. The van der Waals surface area contributed by atoms with Gasteiger partial charge < -0.3 is 15.0 Å². The van der Waals surface area contributed by atoms with Gasteiger partial charge in [-0.15, -0.1) is 11.3 Å². The molecule has 4 nitrogen and oxygen atoms in total. The van der Waals surface area contributed by atoms with Gasteiger partial charge in [0.05, 0.1) is 12.3 Å². The van der Waals surface area contributed by atoms with Crippen molar-refractivity contribution in [2.75, 3.05) is 31.7 Å². The summed E-state index contributed by atoms with van der Waals surface area (Å²) in [7, 11) is 1.74. The Morgan fingerprint density at radius 3 is 2.76 bits per heavy atom. The van der Waals surface area contributed by atoms with Crippen LogP contribution in [0, 0.1) is 5.92 Å². The van der Waals surface area contributed by atoms with Crippen molar-refractivity contribution in [3.8, 4) is 0 Å². The van der Waals surface area contributed by atoms with Crippen molar-refractivity contribution in [1.82, 2.24) is 10.3 Å². The molecule has 1 aromatic heterocycles. The molecule has 2 rings (SSSR count). The largest absolute Gasteiger partial charge is 0.383 e. The van der Waals surface area contributed by atoms with E-state index in [1.54, 1.807) is 7.11 Å². The standard InChI is InChI=1S/C16H29N3OS/c1-5-14-15(10-17-8-9-20-4)21-16(18-14)19(12(2)3)11-13-6-7-13/h12-13,17H,5-11H2,1-4H3. The quantitative estimate of drug-likeness (QED) is 0.674. The lowest BCUT2D eigenvalue weighted by molar-refractivity contribution is 0.199. The molecule has 0 spiro atoms. The van der Waals surface area contributed by atoms with E-state index in [-0.39, 0.29) is 0 Å². The van der Waals surface area contributed by atoms with Crippen molar-refractivity contribution < 1.29 is 4.74 Å². The van der Waals surface area contributed by atoms with Crippen molar-refractivity contribution in [2.24, 2.45) is 5.92 Å². The van der Waals surface area contributed by atoms with Crippen LogP contribution in [0.3, 0.4) is 0 Å². The fourth-order valence-corrected chi connectivity index (χ4v) is 3.63. The normalized spacial score (nSPS) is 14.9. The van der Waals surface area contributed by atoms with E-state index < -0.39 is 0 Å². The highest BCUT2D eigenvalue weighted by Gasteiger charge is 2.27. The number of hydrogen-bond acceptors (Lipinski definition) is 5. The first kappa shape index (κ1) is 16.7. The topological polar surface area (TPSA) is 37.4 Å². The van der Waals surface area contributed by atoms with Gasteiger partial charge in [0, 0.05) is 37.7 Å². The van der Waals surface area contributed by atoms with Crippen molar-refractivity contribution in [3.63, 3.8) is 0 Å². The van der Waals surface area contributed by atoms with Crippen LogP contribution in [0.25, 0.3) is 0 Å². The number of hydrogen-bond donors (Lipinski definition) is 1. The lowest BCUT2D eigenvalue weighted by atomic mass is 10.3. The lowest BCUT2D eigenvalue weighted by Crippen LogP contribution is -2.32. The van der Waals surface area contributed by atoms with Crippen molar-refractivity contribution in [1.29, 1.82) is 0 Å². The Morgan fingerprint density at radius 1 is 1.43 bits per heavy atom. The molecular weight excluding hydrogens is 282 g/mol. The number of aromatic nitrogens is 1. The Labute approximate surface area is 132 Å². The van der Waals surface area contributed by atoms with E-state index >= 15 is 0 Å². The smallest absolute Gasteiger partial charge is 0.186 e. The first-order valence-corrected chi connectivity index (χ1v) is 8.92. The summed E-state index contributed by atoms with van der Waals surface area (Å²) in [5.41, 5.74) is 1.25. The summed E-state index contributed by atoms with van der Waals surface area (Å²) < 4.78 is 5.08. The van der Waals surface area contributed by atoms with Gasteiger partial charge in [-0.1, -0.05) is 6.92 Å². The molecule has 21 heavy (non-hydrogen) atoms. The lowest BCUT2D eigenvalue weighted by Gasteiger charge is -2.26. The molecule has 0 amide bonds. The Hall–Kier alpha value is -0.650. The molecule has 0 unspecified atom stereocenters. The molecule has 0 bridgehead atoms. The van der Waals surface area contributed by atoms with Crippen LogP contribution < -0.4 is 10.2 Å². The summed E-state index contributed by atoms with van der Waals surface area (Å²) in [6.45, 7) is 10.5. The van der Waals surface area contributed by atoms with Crippen molar-refractivity contribution in [2.45, 2.75) is 52.6 Å². The number of anilines is 1. The van der Waals surface area contributed by atoms with Gasteiger partial charge in [0.1, 0.15) is 0 Å². The van der Waals surface area contributed by atoms with Crippen molar-refractivity contribution >= 4 is 16.5 Å². The monoisotopic (exact) mass is 311 g/mol. The fraction of sp³-hybridized carbons (Fsp3) is 0.812. The number of nitrogens with one attached hydrogen (secondary N) is 1. The molecule has 1 aliphatic rings. The number of methoxy groups -OCH3 is 1. The van der Waals surface area contributed by atoms with E-state index in [9.17, 15) is 0 Å². The van der Waals surface area contributed by atoms with Gasteiger partial charge in [0.2, 0.25) is 0 Å². The fourth-order valence-electron chi connectivity index (χ4n) is 2.37. The van der Waals surface area contributed by atoms with E-state index in [2.05, 4.69) is 31.0 Å². The van der Waals surface area contributed by atoms with Gasteiger partial charge >= 0.3 is 0 Å². The molecule has 1 aromatic rings. The third-order valence-corrected chi connectivity index (χ3v) is 5.03. The minimum atomic E-state index is 0.524. The predicted molar refractivity (Wildman–Crippen MR) is 90.3 cm³/mol. The molecule has 1 heterocycles. The number of thiazole rings is 1. The van der Waals surface area contributed by atoms with E-state index in [4.69, 9.17) is 9.72 Å². The maximum Gasteiger partial charge on any atom is 0.186 e. The van der Waals surface area contributed by atoms with Crippen LogP contribution in [0.2, 0.25) is 0 Å². The molecular formula is C16H29N3OS. The minimum absolute atomic E-state index is 0.524. The summed E-state index contributed by atoms with van der Waals surface area (Å²) in [5.74, 6) is 0.893. The average molecular weight is 311 g/mol. The summed E-state index contributed by atoms with van der Waals surface area (Å²) in [6, 6.07) is 0.524. The molecule has 0 aliphatic heterocycles. The molecule has 120 valence electrons. The summed E-state index contributed by atoms with van der Waals surface area (Å²) in [6.07, 6.45) is 3.79. The van der Waals surface area contributed by atoms with Crippen LogP contribution in [-0.2, 0) is 17.7 Å². The van der Waals surface area contributed by atoms with Gasteiger partial charge in [-0.2, -0.15) is 0 Å². The third-order valence-electron chi connectivity index (χ3n) is 3.89. The first-order valence-electron chi connectivity index (χ1n) is 8.10. The van der Waals surface area contributed by atoms with E-state index in [0.717, 1.165) is 32.0 Å². The third kappa shape index (κ3) is 4.94. The zero-order valence-corrected chi connectivity index (χ0v) is 14.6. The Balaban J connectivity index is 2.02. The second-order valence-corrected chi connectivity index (χ2v) is 7.14. The summed E-state index contributed by atoms with van der Waals surface area (Å²) in [4.78, 5) is 8.77. The molecule has 0 radical (unpaired) electrons. The number of ether oxygens (including phenoxy) is 1. The number of nitrogens with zero attached hydrogens (tertiary/aromatic N) is 2. The van der Waals surface area contributed by atoms with Crippen molar-refractivity contribution in [3.05, 3.63) is 10.6 Å². The molecule has 1 saturated carbocycles. The summed E-state index contributed by atoms with van der Waals surface area (Å²) in [5, 5.41) is 4.64. The molecule has 1 fully saturated rings. The maximum absolute atomic E-state index is 5.08. The van der Waals surface area contributed by atoms with E-state index in [0.29, 0.717) is 6.04 Å². The van der Waals surface area contributed by atoms with Gasteiger partial charge in [0.25, 0.3) is 0 Å². The second-order valence-electron chi connectivity index (χ2n) is 6.08. The Morgan fingerprint density at radius 2 is 2.19 bits per heavy atom. The average Bonchev–Trinajstić information content (AvgIpc) is 3.20. The van der Waals surface area contributed by atoms with Crippen LogP contribution in [0.15, 0.2) is 0 Å². The van der Waals surface area contributed by atoms with Crippen LogP contribution in [0.4, 0.5) is 5.13 Å². The minimum Gasteiger partial charge on any atom is -0.383 e. The van der Waals surface area contributed by atoms with E-state index in [1.807, 2.05) is 11.3 Å². The Kier molecular flexibility index (Phi) is 6.45. The van der Waals surface area contributed by atoms with Gasteiger partial charge in [-0.05, 0) is 39.0 Å². The predicted octanol–water partition coefficient (Wildman–Crippen LogP) is 3.07. The first-order chi connectivity index (χ1) is 10.2. The highest BCUT2D eigenvalue weighted by molar-refractivity contribution is 7.15. The molecule has 0 atom stereocenters. The van der Waals surface area contributed by atoms with Crippen LogP contribution in [0.5, 0.6) is 0 Å². The van der Waals surface area contributed by atoms with Gasteiger partial charge in [-0.3, -0.25) is 0 Å². The highest BCUT2D eigenvalue weighted by atomic mass is 32.1. The highest BCUT2D eigenvalue weighted by Crippen LogP contribution is 2.34. The second kappa shape index (κ2) is 8.11. The molecule has 0 aromatic carbocycles. The van der Waals surface area contributed by atoms with Gasteiger partial charge in [-0.25, -0.2) is 4.98 Å². The zero-order chi connectivity index (χ0) is 15.2. The molecule has 0 saturated heterocycles. The Bertz CT molecular complexity index is 429. The molecule has 1 N–H and O–H groups in total. The molecule has 1 aliphatic carbocycles.